The number of amides is 1. The molecule has 4 aliphatic carbocycles. The van der Waals surface area contributed by atoms with Crippen molar-refractivity contribution in [3.8, 4) is 0 Å². The van der Waals surface area contributed by atoms with Crippen LogP contribution in [0.5, 0.6) is 0 Å². The summed E-state index contributed by atoms with van der Waals surface area (Å²) in [6, 6.07) is 2.37. The number of hydroxylamine groups is 2. The fourth-order valence-electron chi connectivity index (χ4n) is 7.46. The molecule has 0 unspecified atom stereocenters. The summed E-state index contributed by atoms with van der Waals surface area (Å²) in [7, 11) is 0. The molecule has 0 atom stereocenters. The van der Waals surface area contributed by atoms with Crippen molar-refractivity contribution in [2.24, 2.45) is 0 Å². The molecular weight excluding hydrogens is 420 g/mol. The van der Waals surface area contributed by atoms with Gasteiger partial charge in [0.05, 0.1) is 6.61 Å². The minimum Gasteiger partial charge on any atom is -0.337 e. The van der Waals surface area contributed by atoms with Gasteiger partial charge in [0.2, 0.25) is 5.91 Å². The van der Waals surface area contributed by atoms with Crippen LogP contribution in [0.3, 0.4) is 0 Å². The monoisotopic (exact) mass is 474 g/mol. The number of carbonyl (C=O) groups excluding carboxylic acids is 1. The quantitative estimate of drug-likeness (QED) is 0.225. The lowest BCUT2D eigenvalue weighted by molar-refractivity contribution is -0.224. The maximum atomic E-state index is 13.4. The number of nitrogens with zero attached hydrogens (tertiary/aromatic N) is 2. The van der Waals surface area contributed by atoms with Gasteiger partial charge in [-0.2, -0.15) is 5.06 Å². The molecule has 4 fully saturated rings. The van der Waals surface area contributed by atoms with Gasteiger partial charge in [0.1, 0.15) is 0 Å². The summed E-state index contributed by atoms with van der Waals surface area (Å²) in [5, 5.41) is 2.47. The van der Waals surface area contributed by atoms with Gasteiger partial charge in [0.25, 0.3) is 0 Å². The molecule has 34 heavy (non-hydrogen) atoms. The Labute approximate surface area is 210 Å². The van der Waals surface area contributed by atoms with Crippen molar-refractivity contribution >= 4 is 5.91 Å². The van der Waals surface area contributed by atoms with Gasteiger partial charge in [-0.15, -0.1) is 0 Å². The molecule has 4 heteroatoms. The summed E-state index contributed by atoms with van der Waals surface area (Å²) in [4.78, 5) is 22.3. The zero-order chi connectivity index (χ0) is 23.4. The van der Waals surface area contributed by atoms with Crippen molar-refractivity contribution in [2.75, 3.05) is 6.61 Å². The van der Waals surface area contributed by atoms with Gasteiger partial charge in [0, 0.05) is 30.6 Å². The third kappa shape index (κ3) is 7.95. The molecule has 0 N–H and O–H groups in total. The van der Waals surface area contributed by atoms with Gasteiger partial charge in [-0.25, -0.2) is 0 Å². The van der Waals surface area contributed by atoms with Crippen molar-refractivity contribution in [2.45, 2.75) is 178 Å². The van der Waals surface area contributed by atoms with Gasteiger partial charge in [-0.1, -0.05) is 83.5 Å². The van der Waals surface area contributed by atoms with Crippen molar-refractivity contribution in [3.05, 3.63) is 0 Å². The summed E-state index contributed by atoms with van der Waals surface area (Å²) in [5.41, 5.74) is 0. The topological polar surface area (TPSA) is 32.8 Å². The van der Waals surface area contributed by atoms with Crippen molar-refractivity contribution in [1.29, 1.82) is 0 Å². The second kappa shape index (κ2) is 14.8. The van der Waals surface area contributed by atoms with E-state index in [1.807, 2.05) is 0 Å². The van der Waals surface area contributed by atoms with Crippen molar-refractivity contribution in [1.82, 2.24) is 9.96 Å². The minimum atomic E-state index is 0.464. The molecule has 1 amide bonds. The lowest BCUT2D eigenvalue weighted by Gasteiger charge is -2.42. The first-order valence-electron chi connectivity index (χ1n) is 15.6. The van der Waals surface area contributed by atoms with Crippen LogP contribution < -0.4 is 0 Å². The highest BCUT2D eigenvalue weighted by Gasteiger charge is 2.32. The van der Waals surface area contributed by atoms with Crippen LogP contribution in [0.25, 0.3) is 0 Å². The smallest absolute Gasteiger partial charge is 0.223 e. The van der Waals surface area contributed by atoms with Crippen LogP contribution in [0, 0.1) is 0 Å². The fraction of sp³-hybridized carbons (Fsp3) is 0.967. The van der Waals surface area contributed by atoms with Gasteiger partial charge in [-0.05, 0) is 64.2 Å². The van der Waals surface area contributed by atoms with Gasteiger partial charge in [0.15, 0.2) is 0 Å². The molecule has 4 aliphatic rings. The van der Waals surface area contributed by atoms with E-state index in [0.717, 1.165) is 32.3 Å². The Morgan fingerprint density at radius 3 is 1.38 bits per heavy atom. The van der Waals surface area contributed by atoms with E-state index in [4.69, 9.17) is 4.84 Å². The molecule has 0 bridgehead atoms. The SMILES string of the molecule is O=C(CCCCCON(C1CCCCC1)C1CCCCC1)N(C1CCCCC1)C1CCCCC1. The number of rotatable bonds is 11. The van der Waals surface area contributed by atoms with Crippen LogP contribution in [-0.4, -0.2) is 46.6 Å². The Bertz CT molecular complexity index is 522. The molecule has 4 rings (SSSR count). The first-order valence-corrected chi connectivity index (χ1v) is 15.6. The molecular formula is C30H54N2O2. The molecule has 4 saturated carbocycles. The summed E-state index contributed by atoms with van der Waals surface area (Å²) < 4.78 is 0. The van der Waals surface area contributed by atoms with Gasteiger partial charge >= 0.3 is 0 Å². The third-order valence-electron chi connectivity index (χ3n) is 9.37. The van der Waals surface area contributed by atoms with E-state index in [0.29, 0.717) is 30.1 Å². The molecule has 0 aromatic heterocycles. The number of carbonyl (C=O) groups is 1. The average Bonchev–Trinajstić information content (AvgIpc) is 2.91. The second-order valence-electron chi connectivity index (χ2n) is 12.0. The Kier molecular flexibility index (Phi) is 11.5. The number of unbranched alkanes of at least 4 members (excludes halogenated alkanes) is 2. The zero-order valence-electron chi connectivity index (χ0n) is 22.2. The Morgan fingerprint density at radius 2 is 0.941 bits per heavy atom. The Balaban J connectivity index is 1.19. The van der Waals surface area contributed by atoms with Crippen LogP contribution in [0.4, 0.5) is 0 Å². The van der Waals surface area contributed by atoms with Crippen LogP contribution in [0.2, 0.25) is 0 Å². The van der Waals surface area contributed by atoms with E-state index in [1.54, 1.807) is 0 Å². The molecule has 196 valence electrons. The summed E-state index contributed by atoms with van der Waals surface area (Å²) in [5.74, 6) is 0.464. The summed E-state index contributed by atoms with van der Waals surface area (Å²) in [6.45, 7) is 0.843. The molecule has 0 aromatic carbocycles. The molecule has 0 aliphatic heterocycles. The van der Waals surface area contributed by atoms with E-state index in [1.165, 1.54) is 128 Å². The third-order valence-corrected chi connectivity index (χ3v) is 9.37. The Hall–Kier alpha value is -0.610. The summed E-state index contributed by atoms with van der Waals surface area (Å²) in [6.07, 6.45) is 30.6. The van der Waals surface area contributed by atoms with E-state index >= 15 is 0 Å². The first-order chi connectivity index (χ1) is 16.8. The summed E-state index contributed by atoms with van der Waals surface area (Å²) >= 11 is 0. The van der Waals surface area contributed by atoms with Gasteiger partial charge < -0.3 is 4.90 Å². The molecule has 0 radical (unpaired) electrons. The highest BCUT2D eigenvalue weighted by molar-refractivity contribution is 5.77. The van der Waals surface area contributed by atoms with Crippen LogP contribution in [0.1, 0.15) is 154 Å². The normalized spacial score (nSPS) is 24.5. The van der Waals surface area contributed by atoms with Crippen LogP contribution in [-0.2, 0) is 9.63 Å². The largest absolute Gasteiger partial charge is 0.337 e. The molecule has 0 heterocycles. The minimum absolute atomic E-state index is 0.464. The highest BCUT2D eigenvalue weighted by Crippen LogP contribution is 2.32. The van der Waals surface area contributed by atoms with Crippen molar-refractivity contribution < 1.29 is 9.63 Å². The first kappa shape index (κ1) is 26.5. The fourth-order valence-corrected chi connectivity index (χ4v) is 7.46. The van der Waals surface area contributed by atoms with Crippen LogP contribution >= 0.6 is 0 Å². The average molecular weight is 475 g/mol. The molecule has 4 nitrogen and oxygen atoms in total. The van der Waals surface area contributed by atoms with Crippen LogP contribution in [0.15, 0.2) is 0 Å². The lowest BCUT2D eigenvalue weighted by atomic mass is 9.88. The predicted molar refractivity (Wildman–Crippen MR) is 141 cm³/mol. The molecule has 0 aromatic rings. The maximum absolute atomic E-state index is 13.4. The Morgan fingerprint density at radius 1 is 0.529 bits per heavy atom. The van der Waals surface area contributed by atoms with E-state index in [9.17, 15) is 4.79 Å². The second-order valence-corrected chi connectivity index (χ2v) is 12.0. The zero-order valence-corrected chi connectivity index (χ0v) is 22.2. The number of hydrogen-bond acceptors (Lipinski definition) is 3. The lowest BCUT2D eigenvalue weighted by Crippen LogP contribution is -2.48. The number of hydrogen-bond donors (Lipinski definition) is 0. The standard InChI is InChI=1S/C30H54N2O2/c33-30(31(26-16-6-1-7-17-26)27-18-8-2-9-19-27)24-14-5-15-25-34-32(28-20-10-3-11-21-28)29-22-12-4-13-23-29/h26-29H,1-25H2. The van der Waals surface area contributed by atoms with E-state index in [-0.39, 0.29) is 0 Å². The van der Waals surface area contributed by atoms with E-state index in [2.05, 4.69) is 9.96 Å². The molecule has 0 spiro atoms. The van der Waals surface area contributed by atoms with Gasteiger partial charge in [-0.3, -0.25) is 9.63 Å². The molecule has 0 saturated heterocycles. The van der Waals surface area contributed by atoms with E-state index < -0.39 is 0 Å². The van der Waals surface area contributed by atoms with Crippen molar-refractivity contribution in [3.63, 3.8) is 0 Å². The maximum Gasteiger partial charge on any atom is 0.223 e. The highest BCUT2D eigenvalue weighted by atomic mass is 16.7. The predicted octanol–water partition coefficient (Wildman–Crippen LogP) is 7.94.